The largest absolute Gasteiger partial charge is 0.513 e. The van der Waals surface area contributed by atoms with E-state index >= 15 is 0 Å². The first-order chi connectivity index (χ1) is 15.7. The summed E-state index contributed by atoms with van der Waals surface area (Å²) in [5.41, 5.74) is 4.56. The molecule has 176 valence electrons. The number of rotatable bonds is 7. The van der Waals surface area contributed by atoms with Gasteiger partial charge in [0.15, 0.2) is 0 Å². The number of carbonyl (C=O) groups excluding carboxylic acids is 1. The van der Waals surface area contributed by atoms with Gasteiger partial charge in [0.25, 0.3) is 0 Å². The molecule has 3 rings (SSSR count). The molecule has 1 heterocycles. The number of pyridine rings is 1. The van der Waals surface area contributed by atoms with E-state index in [0.29, 0.717) is 24.5 Å². The molecule has 0 aliphatic carbocycles. The molecule has 0 aliphatic rings. The van der Waals surface area contributed by atoms with Gasteiger partial charge in [-0.15, -0.1) is 0 Å². The van der Waals surface area contributed by atoms with Crippen molar-refractivity contribution >= 4 is 17.1 Å². The first-order valence-electron chi connectivity index (χ1n) is 11.2. The highest BCUT2D eigenvalue weighted by molar-refractivity contribution is 5.93. The number of methoxy groups -OCH3 is 1. The van der Waals surface area contributed by atoms with Gasteiger partial charge in [0, 0.05) is 23.9 Å². The van der Waals surface area contributed by atoms with E-state index < -0.39 is 6.16 Å². The summed E-state index contributed by atoms with van der Waals surface area (Å²) >= 11 is 0. The van der Waals surface area contributed by atoms with Crippen LogP contribution in [0.25, 0.3) is 10.9 Å². The van der Waals surface area contributed by atoms with Crippen LogP contribution >= 0.6 is 0 Å². The third kappa shape index (κ3) is 5.63. The number of nitrogens with zero attached hydrogens (tertiary/aromatic N) is 1. The molecule has 0 bridgehead atoms. The van der Waals surface area contributed by atoms with E-state index in [0.717, 1.165) is 33.5 Å². The average molecular weight is 452 g/mol. The Balaban J connectivity index is 2.00. The predicted octanol–water partition coefficient (Wildman–Crippen LogP) is 6.67. The maximum atomic E-state index is 12.3. The van der Waals surface area contributed by atoms with Crippen molar-refractivity contribution in [3.05, 3.63) is 58.8 Å². The summed E-state index contributed by atoms with van der Waals surface area (Å²) in [5, 5.41) is 0.734. The zero-order valence-corrected chi connectivity index (χ0v) is 20.6. The van der Waals surface area contributed by atoms with Crippen LogP contribution in [0.3, 0.4) is 0 Å². The van der Waals surface area contributed by atoms with Gasteiger partial charge in [-0.1, -0.05) is 39.8 Å². The van der Waals surface area contributed by atoms with Crippen molar-refractivity contribution in [2.75, 3.05) is 20.3 Å². The van der Waals surface area contributed by atoms with Crippen molar-refractivity contribution in [2.45, 2.75) is 53.4 Å². The highest BCUT2D eigenvalue weighted by Crippen LogP contribution is 2.38. The molecule has 0 amide bonds. The monoisotopic (exact) mass is 451 g/mol. The van der Waals surface area contributed by atoms with Gasteiger partial charge in [0.2, 0.25) is 0 Å². The van der Waals surface area contributed by atoms with Crippen molar-refractivity contribution in [1.29, 1.82) is 0 Å². The second-order valence-electron chi connectivity index (χ2n) is 9.02. The molecule has 0 radical (unpaired) electrons. The van der Waals surface area contributed by atoms with Crippen molar-refractivity contribution in [1.82, 2.24) is 4.98 Å². The van der Waals surface area contributed by atoms with Crippen LogP contribution in [0.1, 0.15) is 50.1 Å². The van der Waals surface area contributed by atoms with Crippen LogP contribution in [-0.2, 0) is 21.3 Å². The third-order valence-corrected chi connectivity index (χ3v) is 5.63. The highest BCUT2D eigenvalue weighted by Gasteiger charge is 2.20. The van der Waals surface area contributed by atoms with Crippen LogP contribution in [0.15, 0.2) is 36.4 Å². The number of carbonyl (C=O) groups is 1. The Morgan fingerprint density at radius 1 is 0.970 bits per heavy atom. The quantitative estimate of drug-likeness (QED) is 0.295. The molecule has 0 fully saturated rings. The van der Waals surface area contributed by atoms with E-state index in [2.05, 4.69) is 32.9 Å². The summed E-state index contributed by atoms with van der Waals surface area (Å²) in [7, 11) is 1.55. The molecule has 6 heteroatoms. The Bertz CT molecular complexity index is 1130. The number of hydrogen-bond donors (Lipinski definition) is 0. The minimum absolute atomic E-state index is 0.0711. The second-order valence-corrected chi connectivity index (χ2v) is 9.02. The number of fused-ring (bicyclic) bond motifs is 1. The Morgan fingerprint density at radius 2 is 1.67 bits per heavy atom. The smallest absolute Gasteiger partial charge is 0.457 e. The Hall–Kier alpha value is -3.12. The number of aromatic nitrogens is 1. The lowest BCUT2D eigenvalue weighted by atomic mass is 9.87. The number of aryl methyl sites for hydroxylation is 2. The fourth-order valence-corrected chi connectivity index (χ4v) is 3.66. The van der Waals surface area contributed by atoms with E-state index in [9.17, 15) is 4.79 Å². The van der Waals surface area contributed by atoms with Crippen LogP contribution in [0.2, 0.25) is 0 Å². The summed E-state index contributed by atoms with van der Waals surface area (Å²) in [4.78, 5) is 17.1. The summed E-state index contributed by atoms with van der Waals surface area (Å²) in [6.07, 6.45) is -0.0536. The van der Waals surface area contributed by atoms with Crippen LogP contribution in [0, 0.1) is 13.8 Å². The van der Waals surface area contributed by atoms with Crippen molar-refractivity contribution in [3.8, 4) is 17.2 Å². The minimum Gasteiger partial charge on any atom is -0.457 e. The number of ether oxygens (including phenoxy) is 4. The molecule has 0 saturated heterocycles. The summed E-state index contributed by atoms with van der Waals surface area (Å²) in [6.45, 7) is 12.8. The van der Waals surface area contributed by atoms with Crippen molar-refractivity contribution in [2.24, 2.45) is 0 Å². The summed E-state index contributed by atoms with van der Waals surface area (Å²) < 4.78 is 21.9. The molecular weight excluding hydrogens is 418 g/mol. The fraction of sp³-hybridized carbons (Fsp3) is 0.407. The second kappa shape index (κ2) is 10.2. The van der Waals surface area contributed by atoms with E-state index in [1.54, 1.807) is 7.11 Å². The highest BCUT2D eigenvalue weighted by atomic mass is 16.7. The van der Waals surface area contributed by atoms with E-state index in [4.69, 9.17) is 23.9 Å². The first kappa shape index (κ1) is 24.5. The molecule has 1 aromatic heterocycles. The van der Waals surface area contributed by atoms with Crippen molar-refractivity contribution < 1.29 is 23.7 Å². The van der Waals surface area contributed by atoms with E-state index in [-0.39, 0.29) is 12.0 Å². The zero-order valence-electron chi connectivity index (χ0n) is 20.6. The van der Waals surface area contributed by atoms with E-state index in [1.165, 1.54) is 5.56 Å². The predicted molar refractivity (Wildman–Crippen MR) is 130 cm³/mol. The molecule has 33 heavy (non-hydrogen) atoms. The Morgan fingerprint density at radius 3 is 2.27 bits per heavy atom. The first-order valence-corrected chi connectivity index (χ1v) is 11.2. The standard InChI is InChI=1S/C27H33NO5/c1-8-21-17(2)25(33-26(29)31-16-15-30-7)24-18(3)23(14-13-22(24)28-21)32-20-11-9-19(10-12-20)27(4,5)6/h9-14H,8,15-16H2,1-7H3. The lowest BCUT2D eigenvalue weighted by molar-refractivity contribution is 0.0687. The third-order valence-electron chi connectivity index (χ3n) is 5.63. The van der Waals surface area contributed by atoms with Gasteiger partial charge >= 0.3 is 6.16 Å². The maximum Gasteiger partial charge on any atom is 0.513 e. The van der Waals surface area contributed by atoms with Gasteiger partial charge < -0.3 is 18.9 Å². The molecule has 6 nitrogen and oxygen atoms in total. The fourth-order valence-electron chi connectivity index (χ4n) is 3.66. The number of benzene rings is 2. The molecule has 0 spiro atoms. The number of hydrogen-bond acceptors (Lipinski definition) is 6. The Labute approximate surface area is 195 Å². The van der Waals surface area contributed by atoms with Crippen molar-refractivity contribution in [3.63, 3.8) is 0 Å². The molecule has 0 aliphatic heterocycles. The summed E-state index contributed by atoms with van der Waals surface area (Å²) in [6, 6.07) is 11.9. The normalized spacial score (nSPS) is 11.5. The van der Waals surface area contributed by atoms with E-state index in [1.807, 2.05) is 45.0 Å². The molecule has 0 unspecified atom stereocenters. The van der Waals surface area contributed by atoms with Crippen LogP contribution in [0.5, 0.6) is 17.2 Å². The summed E-state index contributed by atoms with van der Waals surface area (Å²) in [5.74, 6) is 1.86. The van der Waals surface area contributed by atoms with Gasteiger partial charge in [-0.2, -0.15) is 0 Å². The Kier molecular flexibility index (Phi) is 7.59. The minimum atomic E-state index is -0.770. The van der Waals surface area contributed by atoms with Gasteiger partial charge in [-0.05, 0) is 55.5 Å². The zero-order chi connectivity index (χ0) is 24.2. The lowest BCUT2D eigenvalue weighted by Crippen LogP contribution is -2.15. The molecule has 3 aromatic rings. The van der Waals surface area contributed by atoms with Gasteiger partial charge in [-0.3, -0.25) is 4.98 Å². The van der Waals surface area contributed by atoms with Gasteiger partial charge in [0.1, 0.15) is 23.9 Å². The topological polar surface area (TPSA) is 66.9 Å². The molecule has 0 saturated carbocycles. The molecule has 0 N–H and O–H groups in total. The average Bonchev–Trinajstić information content (AvgIpc) is 2.77. The van der Waals surface area contributed by atoms with Crippen LogP contribution < -0.4 is 9.47 Å². The van der Waals surface area contributed by atoms with Crippen LogP contribution in [-0.4, -0.2) is 31.5 Å². The molecule has 2 aromatic carbocycles. The van der Waals surface area contributed by atoms with Gasteiger partial charge in [-0.25, -0.2) is 4.79 Å². The maximum absolute atomic E-state index is 12.3. The lowest BCUT2D eigenvalue weighted by Gasteiger charge is -2.20. The van der Waals surface area contributed by atoms with Gasteiger partial charge in [0.05, 0.1) is 17.5 Å². The molecular formula is C27H33NO5. The van der Waals surface area contributed by atoms with Crippen LogP contribution in [0.4, 0.5) is 4.79 Å². The SMILES string of the molecule is CCc1nc2ccc(Oc3ccc(C(C)(C)C)cc3)c(C)c2c(OC(=O)OCCOC)c1C. The molecule has 0 atom stereocenters.